The van der Waals surface area contributed by atoms with E-state index in [2.05, 4.69) is 51.4 Å². The molecule has 44 heavy (non-hydrogen) atoms. The number of piperidine rings is 1. The van der Waals surface area contributed by atoms with Gasteiger partial charge in [-0.25, -0.2) is 4.79 Å². The summed E-state index contributed by atoms with van der Waals surface area (Å²) in [4.78, 5) is 34.9. The van der Waals surface area contributed by atoms with E-state index in [0.29, 0.717) is 54.6 Å². The lowest BCUT2D eigenvalue weighted by Crippen LogP contribution is -2.34. The minimum atomic E-state index is -0.220. The third-order valence-electron chi connectivity index (χ3n) is 8.48. The van der Waals surface area contributed by atoms with Crippen LogP contribution in [0.5, 0.6) is 5.88 Å². The van der Waals surface area contributed by atoms with Gasteiger partial charge in [-0.15, -0.1) is 0 Å². The third kappa shape index (κ3) is 8.06. The van der Waals surface area contributed by atoms with Crippen LogP contribution in [0.2, 0.25) is 0 Å². The number of unbranched alkanes of at least 4 members (excludes halogenated alkanes) is 1. The van der Waals surface area contributed by atoms with Crippen molar-refractivity contribution in [1.82, 2.24) is 24.8 Å². The number of aromatic amines is 1. The quantitative estimate of drug-likeness (QED) is 0.160. The molecule has 4 aromatic rings. The first kappa shape index (κ1) is 31.3. The summed E-state index contributed by atoms with van der Waals surface area (Å²) in [6.07, 6.45) is 6.04. The maximum Gasteiger partial charge on any atom is 0.326 e. The van der Waals surface area contributed by atoms with Gasteiger partial charge in [-0.2, -0.15) is 4.98 Å². The molecule has 0 bridgehead atoms. The molecule has 1 aliphatic rings. The highest BCUT2D eigenvalue weighted by Gasteiger charge is 2.20. The minimum Gasteiger partial charge on any atom is -0.478 e. The molecule has 0 saturated carbocycles. The zero-order valence-electron chi connectivity index (χ0n) is 25.7. The van der Waals surface area contributed by atoms with E-state index in [-0.39, 0.29) is 17.4 Å². The molecule has 1 saturated heterocycles. The first-order valence-electron chi connectivity index (χ1n) is 15.8. The van der Waals surface area contributed by atoms with E-state index >= 15 is 0 Å². The van der Waals surface area contributed by atoms with Gasteiger partial charge in [0, 0.05) is 24.7 Å². The number of carbonyl (C=O) groups excluding carboxylic acids is 1. The maximum absolute atomic E-state index is 12.8. The number of nitrogens with two attached hydrogens (primary N) is 2. The molecular weight excluding hydrogens is 554 g/mol. The van der Waals surface area contributed by atoms with E-state index < -0.39 is 0 Å². The molecule has 0 radical (unpaired) electrons. The van der Waals surface area contributed by atoms with Gasteiger partial charge in [0.05, 0.1) is 18.7 Å². The summed E-state index contributed by atoms with van der Waals surface area (Å²) in [5.41, 5.74) is 16.9. The molecule has 2 aromatic carbocycles. The fraction of sp³-hybridized carbons (Fsp3) is 0.441. The number of hydrogen-bond acceptors (Lipinski definition) is 7. The predicted molar refractivity (Wildman–Crippen MR) is 175 cm³/mol. The summed E-state index contributed by atoms with van der Waals surface area (Å²) >= 11 is 0. The first-order valence-corrected chi connectivity index (χ1v) is 15.8. The Morgan fingerprint density at radius 1 is 1.05 bits per heavy atom. The molecule has 0 unspecified atom stereocenters. The van der Waals surface area contributed by atoms with Crippen LogP contribution in [0.1, 0.15) is 66.1 Å². The third-order valence-corrected chi connectivity index (χ3v) is 8.48. The van der Waals surface area contributed by atoms with Gasteiger partial charge in [-0.1, -0.05) is 49.7 Å². The van der Waals surface area contributed by atoms with E-state index in [1.807, 2.05) is 24.3 Å². The highest BCUT2D eigenvalue weighted by Crippen LogP contribution is 2.24. The Balaban J connectivity index is 1.08. The second kappa shape index (κ2) is 15.0. The number of imidazole rings is 1. The Labute approximate surface area is 258 Å². The number of hydrogen-bond donors (Lipinski definition) is 4. The zero-order chi connectivity index (χ0) is 30.9. The summed E-state index contributed by atoms with van der Waals surface area (Å²) in [5, 5.41) is 3.08. The molecule has 2 aromatic heterocycles. The van der Waals surface area contributed by atoms with Crippen LogP contribution in [-0.4, -0.2) is 58.1 Å². The van der Waals surface area contributed by atoms with E-state index in [0.717, 1.165) is 69.3 Å². The van der Waals surface area contributed by atoms with Gasteiger partial charge >= 0.3 is 5.69 Å². The Kier molecular flexibility index (Phi) is 10.7. The van der Waals surface area contributed by atoms with Crippen molar-refractivity contribution in [3.8, 4) is 5.88 Å². The van der Waals surface area contributed by atoms with Gasteiger partial charge in [0.2, 0.25) is 5.88 Å². The monoisotopic (exact) mass is 599 g/mol. The highest BCUT2D eigenvalue weighted by atomic mass is 16.5. The zero-order valence-corrected chi connectivity index (χ0v) is 25.7. The lowest BCUT2D eigenvalue weighted by atomic mass is 9.93. The maximum atomic E-state index is 12.8. The molecule has 10 nitrogen and oxygen atoms in total. The number of carbonyl (C=O) groups is 1. The molecule has 0 spiro atoms. The molecule has 6 N–H and O–H groups in total. The van der Waals surface area contributed by atoms with Crippen LogP contribution in [0.25, 0.3) is 11.0 Å². The van der Waals surface area contributed by atoms with Gasteiger partial charge in [-0.05, 0) is 86.5 Å². The lowest BCUT2D eigenvalue weighted by molar-refractivity contribution is 0.0947. The number of nitrogens with zero attached hydrogens (tertiary/aromatic N) is 3. The fourth-order valence-corrected chi connectivity index (χ4v) is 5.81. The summed E-state index contributed by atoms with van der Waals surface area (Å²) in [5.74, 6) is 1.31. The average Bonchev–Trinajstić information content (AvgIpc) is 3.34. The van der Waals surface area contributed by atoms with Gasteiger partial charge in [0.25, 0.3) is 5.91 Å². The number of pyridine rings is 1. The van der Waals surface area contributed by atoms with Gasteiger partial charge in [-0.3, -0.25) is 14.3 Å². The van der Waals surface area contributed by atoms with E-state index in [1.165, 1.54) is 5.56 Å². The highest BCUT2D eigenvalue weighted by molar-refractivity contribution is 5.94. The number of aromatic nitrogens is 3. The number of fused-ring (bicyclic) bond motifs is 1. The fourth-order valence-electron chi connectivity index (χ4n) is 5.81. The van der Waals surface area contributed by atoms with Crippen molar-refractivity contribution in [2.24, 2.45) is 11.7 Å². The average molecular weight is 600 g/mol. The molecule has 1 fully saturated rings. The summed E-state index contributed by atoms with van der Waals surface area (Å²) < 4.78 is 7.44. The van der Waals surface area contributed by atoms with Gasteiger partial charge in [0.15, 0.2) is 5.82 Å². The van der Waals surface area contributed by atoms with Crippen molar-refractivity contribution in [2.75, 3.05) is 38.5 Å². The number of ether oxygens (including phenoxy) is 1. The lowest BCUT2D eigenvalue weighted by Gasteiger charge is -2.32. The SMILES string of the molecule is CCCCOc1cc2c([nH]c(=O)n2Cc2ccc(CN3CCC(CCNC(=O)c4ccc(CCN)cc4)CC3)cc2)c(N)n1. The van der Waals surface area contributed by atoms with E-state index in [1.54, 1.807) is 10.6 Å². The smallest absolute Gasteiger partial charge is 0.326 e. The molecule has 0 atom stereocenters. The number of likely N-dealkylation sites (tertiary alicyclic amines) is 1. The Hall–Kier alpha value is -4.15. The van der Waals surface area contributed by atoms with Gasteiger partial charge in [0.1, 0.15) is 5.52 Å². The van der Waals surface area contributed by atoms with Crippen LogP contribution in [0.3, 0.4) is 0 Å². The van der Waals surface area contributed by atoms with Crippen molar-refractivity contribution in [3.63, 3.8) is 0 Å². The number of nitrogen functional groups attached to an aromatic ring is 1. The topological polar surface area (TPSA) is 144 Å². The predicted octanol–water partition coefficient (Wildman–Crippen LogP) is 4.07. The number of benzene rings is 2. The van der Waals surface area contributed by atoms with Crippen LogP contribution >= 0.6 is 0 Å². The number of H-pyrrole nitrogens is 1. The van der Waals surface area contributed by atoms with E-state index in [4.69, 9.17) is 16.2 Å². The van der Waals surface area contributed by atoms with Crippen LogP contribution < -0.4 is 27.2 Å². The molecule has 234 valence electrons. The first-order chi connectivity index (χ1) is 21.4. The summed E-state index contributed by atoms with van der Waals surface area (Å²) in [6, 6.07) is 18.0. The molecule has 5 rings (SSSR count). The van der Waals surface area contributed by atoms with Crippen molar-refractivity contribution >= 4 is 22.8 Å². The standard InChI is InChI=1S/C34H45N7O3/c1-2-3-20-44-30-21-29-31(32(36)38-30)39-34(43)41(29)23-27-6-4-26(5-7-27)22-40-18-14-25(15-19-40)13-17-37-33(42)28-10-8-24(9-11-28)12-16-35/h4-11,21,25H,2-3,12-20,22-23,35H2,1H3,(H2,36,38)(H,37,42)(H,39,43). The molecule has 1 aliphatic heterocycles. The van der Waals surface area contributed by atoms with Crippen LogP contribution in [0.15, 0.2) is 59.4 Å². The Morgan fingerprint density at radius 2 is 1.73 bits per heavy atom. The normalized spacial score (nSPS) is 14.2. The number of anilines is 1. The van der Waals surface area contributed by atoms with Crippen LogP contribution in [-0.2, 0) is 19.5 Å². The van der Waals surface area contributed by atoms with Crippen molar-refractivity contribution in [3.05, 3.63) is 87.3 Å². The second-order valence-corrected chi connectivity index (χ2v) is 11.8. The minimum absolute atomic E-state index is 0.0120. The van der Waals surface area contributed by atoms with Crippen molar-refractivity contribution in [2.45, 2.75) is 58.5 Å². The van der Waals surface area contributed by atoms with Crippen molar-refractivity contribution < 1.29 is 9.53 Å². The van der Waals surface area contributed by atoms with E-state index in [9.17, 15) is 9.59 Å². The van der Waals surface area contributed by atoms with Crippen molar-refractivity contribution in [1.29, 1.82) is 0 Å². The number of nitrogens with one attached hydrogen (secondary N) is 2. The molecule has 3 heterocycles. The summed E-state index contributed by atoms with van der Waals surface area (Å²) in [6.45, 7) is 7.40. The molecule has 1 amide bonds. The van der Waals surface area contributed by atoms with Crippen LogP contribution in [0, 0.1) is 5.92 Å². The number of amides is 1. The molecule has 10 heteroatoms. The largest absolute Gasteiger partial charge is 0.478 e. The van der Waals surface area contributed by atoms with Gasteiger partial charge < -0.3 is 26.5 Å². The Bertz CT molecular complexity index is 1570. The Morgan fingerprint density at radius 3 is 2.41 bits per heavy atom. The molecule has 0 aliphatic carbocycles. The number of rotatable bonds is 14. The molecular formula is C34H45N7O3. The summed E-state index contributed by atoms with van der Waals surface area (Å²) in [7, 11) is 0. The second-order valence-electron chi connectivity index (χ2n) is 11.8. The van der Waals surface area contributed by atoms with Crippen LogP contribution in [0.4, 0.5) is 5.82 Å².